The van der Waals surface area contributed by atoms with Gasteiger partial charge in [0.05, 0.1) is 0 Å². The summed E-state index contributed by atoms with van der Waals surface area (Å²) in [5, 5.41) is 9.04. The number of carbonyl (C=O) groups excluding carboxylic acids is 1. The summed E-state index contributed by atoms with van der Waals surface area (Å²) in [5.41, 5.74) is -2.57. The van der Waals surface area contributed by atoms with Gasteiger partial charge in [0, 0.05) is 5.70 Å². The fourth-order valence-electron chi connectivity index (χ4n) is 1.84. The molecule has 0 aliphatic heterocycles. The van der Waals surface area contributed by atoms with E-state index in [1.165, 1.54) is 18.2 Å². The van der Waals surface area contributed by atoms with Crippen molar-refractivity contribution in [2.75, 3.05) is 0 Å². The third-order valence-corrected chi connectivity index (χ3v) is 3.24. The molecular formula is C15H14F3NO3. The van der Waals surface area contributed by atoms with Gasteiger partial charge in [-0.05, 0) is 31.9 Å². The normalized spacial score (nSPS) is 22.3. The number of rotatable bonds is 3. The molecule has 1 aliphatic rings. The molecule has 1 N–H and O–H groups in total. The van der Waals surface area contributed by atoms with Gasteiger partial charge in [-0.1, -0.05) is 18.2 Å². The fourth-order valence-corrected chi connectivity index (χ4v) is 1.84. The first-order chi connectivity index (χ1) is 10.0. The predicted molar refractivity (Wildman–Crippen MR) is 73.3 cm³/mol. The Morgan fingerprint density at radius 3 is 2.45 bits per heavy atom. The van der Waals surface area contributed by atoms with Crippen LogP contribution in [-0.2, 0) is 9.59 Å². The van der Waals surface area contributed by atoms with Crippen molar-refractivity contribution in [3.05, 3.63) is 36.1 Å². The van der Waals surface area contributed by atoms with Crippen LogP contribution < -0.4 is 0 Å². The number of terminal acetylenes is 1. The number of nitrogens with zero attached hydrogens (tertiary/aromatic N) is 1. The number of halogens is 3. The highest BCUT2D eigenvalue weighted by atomic mass is 19.4. The maximum Gasteiger partial charge on any atom is 0.401 e. The molecule has 1 amide bonds. The maximum absolute atomic E-state index is 13.2. The van der Waals surface area contributed by atoms with E-state index in [1.807, 2.05) is 0 Å². The van der Waals surface area contributed by atoms with Gasteiger partial charge >= 0.3 is 18.1 Å². The molecule has 0 fully saturated rings. The minimum Gasteiger partial charge on any atom is -0.480 e. The van der Waals surface area contributed by atoms with Gasteiger partial charge in [-0.15, -0.1) is 6.42 Å². The van der Waals surface area contributed by atoms with E-state index in [1.54, 1.807) is 5.92 Å². The molecule has 0 saturated heterocycles. The van der Waals surface area contributed by atoms with Crippen LogP contribution in [0.15, 0.2) is 36.1 Å². The quantitative estimate of drug-likeness (QED) is 0.815. The van der Waals surface area contributed by atoms with Crippen LogP contribution in [-0.4, -0.2) is 34.1 Å². The van der Waals surface area contributed by atoms with Gasteiger partial charge < -0.3 is 5.11 Å². The summed E-state index contributed by atoms with van der Waals surface area (Å²) in [6.45, 7) is 2.08. The van der Waals surface area contributed by atoms with Gasteiger partial charge in [0.15, 0.2) is 0 Å². The number of carboxylic acids is 1. The van der Waals surface area contributed by atoms with E-state index in [0.717, 1.165) is 26.0 Å². The van der Waals surface area contributed by atoms with Crippen molar-refractivity contribution >= 4 is 11.9 Å². The molecular weight excluding hydrogens is 299 g/mol. The van der Waals surface area contributed by atoms with Crippen LogP contribution in [0.4, 0.5) is 13.2 Å². The van der Waals surface area contributed by atoms with Gasteiger partial charge in [-0.3, -0.25) is 9.69 Å². The minimum absolute atomic E-state index is 0.220. The lowest BCUT2D eigenvalue weighted by Gasteiger charge is -2.30. The molecule has 0 radical (unpaired) electrons. The second-order valence-electron chi connectivity index (χ2n) is 4.90. The average Bonchev–Trinajstić information content (AvgIpc) is 2.61. The van der Waals surface area contributed by atoms with E-state index in [9.17, 15) is 22.8 Å². The lowest BCUT2D eigenvalue weighted by molar-refractivity contribution is -0.183. The van der Waals surface area contributed by atoms with Crippen molar-refractivity contribution in [1.29, 1.82) is 0 Å². The Morgan fingerprint density at radius 1 is 1.41 bits per heavy atom. The Bertz CT molecular complexity index is 611. The topological polar surface area (TPSA) is 57.6 Å². The van der Waals surface area contributed by atoms with E-state index in [4.69, 9.17) is 11.5 Å². The first kappa shape index (κ1) is 17.6. The van der Waals surface area contributed by atoms with Crippen LogP contribution in [0.25, 0.3) is 0 Å². The standard InChI is InChI=1S/C15H14F3NO3/c1-4-12(20)19(10(2)13(21)22)11-7-5-6-8-14(3,9-11)15(16,17)18/h1,5-10H,2-3H3,(H,21,22)/t10-,14?/m1/s1. The first-order valence-corrected chi connectivity index (χ1v) is 6.21. The highest BCUT2D eigenvalue weighted by Crippen LogP contribution is 2.42. The van der Waals surface area contributed by atoms with Gasteiger partial charge in [0.1, 0.15) is 11.5 Å². The molecule has 0 aromatic carbocycles. The van der Waals surface area contributed by atoms with E-state index in [0.29, 0.717) is 4.90 Å². The summed E-state index contributed by atoms with van der Waals surface area (Å²) in [4.78, 5) is 23.5. The number of hydrogen-bond donors (Lipinski definition) is 1. The number of aliphatic carboxylic acids is 1. The van der Waals surface area contributed by atoms with Crippen LogP contribution >= 0.6 is 0 Å². The van der Waals surface area contributed by atoms with Crippen LogP contribution in [0.3, 0.4) is 0 Å². The predicted octanol–water partition coefficient (Wildman–Crippen LogP) is 2.50. The molecule has 2 atom stereocenters. The fraction of sp³-hybridized carbons (Fsp3) is 0.333. The van der Waals surface area contributed by atoms with Gasteiger partial charge in [0.2, 0.25) is 0 Å². The lowest BCUT2D eigenvalue weighted by Crippen LogP contribution is -2.42. The molecule has 0 saturated carbocycles. The number of alkyl halides is 3. The van der Waals surface area contributed by atoms with E-state index >= 15 is 0 Å². The van der Waals surface area contributed by atoms with Crippen molar-refractivity contribution in [3.8, 4) is 12.3 Å². The Morgan fingerprint density at radius 2 is 2.00 bits per heavy atom. The average molecular weight is 313 g/mol. The van der Waals surface area contributed by atoms with Gasteiger partial charge in [-0.25, -0.2) is 4.79 Å². The molecule has 4 nitrogen and oxygen atoms in total. The molecule has 7 heteroatoms. The van der Waals surface area contributed by atoms with Crippen molar-refractivity contribution in [2.24, 2.45) is 5.41 Å². The third kappa shape index (κ3) is 3.39. The Hall–Kier alpha value is -2.49. The number of amides is 1. The first-order valence-electron chi connectivity index (χ1n) is 6.21. The lowest BCUT2D eigenvalue weighted by atomic mass is 9.88. The van der Waals surface area contributed by atoms with Gasteiger partial charge in [-0.2, -0.15) is 13.2 Å². The summed E-state index contributed by atoms with van der Waals surface area (Å²) in [7, 11) is 0. The number of carboxylic acid groups (broad SMARTS) is 1. The molecule has 0 spiro atoms. The molecule has 1 rings (SSSR count). The van der Waals surface area contributed by atoms with E-state index in [-0.39, 0.29) is 5.70 Å². The Kier molecular flexibility index (Phi) is 4.87. The molecule has 22 heavy (non-hydrogen) atoms. The summed E-state index contributed by atoms with van der Waals surface area (Å²) in [5.74, 6) is -0.684. The van der Waals surface area contributed by atoms with E-state index < -0.39 is 29.5 Å². The summed E-state index contributed by atoms with van der Waals surface area (Å²) >= 11 is 0. The maximum atomic E-state index is 13.2. The molecule has 0 bridgehead atoms. The van der Waals surface area contributed by atoms with Crippen LogP contribution in [0, 0.1) is 17.8 Å². The van der Waals surface area contributed by atoms with Gasteiger partial charge in [0.25, 0.3) is 0 Å². The highest BCUT2D eigenvalue weighted by molar-refractivity contribution is 5.97. The zero-order valence-corrected chi connectivity index (χ0v) is 11.9. The number of allylic oxidation sites excluding steroid dienone is 5. The monoisotopic (exact) mass is 313 g/mol. The molecule has 0 heterocycles. The SMILES string of the molecule is C#CC(=O)N(C1=CC(C)(C(F)(F)F)C=CC=C1)[C@H](C)C(=O)O. The van der Waals surface area contributed by atoms with Crippen LogP contribution in [0.2, 0.25) is 0 Å². The Labute approximate surface area is 125 Å². The summed E-state index contributed by atoms with van der Waals surface area (Å²) < 4.78 is 39.6. The minimum atomic E-state index is -4.61. The van der Waals surface area contributed by atoms with Crippen LogP contribution in [0.1, 0.15) is 13.8 Å². The zero-order valence-electron chi connectivity index (χ0n) is 11.9. The molecule has 0 aromatic rings. The highest BCUT2D eigenvalue weighted by Gasteiger charge is 2.48. The van der Waals surface area contributed by atoms with Crippen molar-refractivity contribution in [2.45, 2.75) is 26.1 Å². The smallest absolute Gasteiger partial charge is 0.401 e. The second-order valence-corrected chi connectivity index (χ2v) is 4.90. The van der Waals surface area contributed by atoms with Crippen molar-refractivity contribution < 1.29 is 27.9 Å². The number of carbonyl (C=O) groups is 2. The molecule has 1 aliphatic carbocycles. The van der Waals surface area contributed by atoms with Crippen molar-refractivity contribution in [3.63, 3.8) is 0 Å². The molecule has 1 unspecified atom stereocenters. The summed E-state index contributed by atoms with van der Waals surface area (Å²) in [6, 6.07) is -1.41. The van der Waals surface area contributed by atoms with Crippen molar-refractivity contribution in [1.82, 2.24) is 4.90 Å². The van der Waals surface area contributed by atoms with E-state index in [2.05, 4.69) is 0 Å². The zero-order chi connectivity index (χ0) is 17.1. The second kappa shape index (κ2) is 6.10. The Balaban J connectivity index is 3.44. The largest absolute Gasteiger partial charge is 0.480 e. The number of hydrogen-bond acceptors (Lipinski definition) is 2. The summed E-state index contributed by atoms with van der Waals surface area (Å²) in [6.07, 6.45) is 5.75. The third-order valence-electron chi connectivity index (χ3n) is 3.24. The molecule has 118 valence electrons. The van der Waals surface area contributed by atoms with Crippen LogP contribution in [0.5, 0.6) is 0 Å². The molecule has 0 aromatic heterocycles.